The van der Waals surface area contributed by atoms with Gasteiger partial charge in [0.25, 0.3) is 0 Å². The van der Waals surface area contributed by atoms with Gasteiger partial charge in [-0.3, -0.25) is 0 Å². The Labute approximate surface area is 120 Å². The molecule has 0 aliphatic carbocycles. The average molecular weight is 270 g/mol. The fourth-order valence-corrected chi connectivity index (χ4v) is 2.90. The van der Waals surface area contributed by atoms with Crippen molar-refractivity contribution in [1.29, 1.82) is 0 Å². The Kier molecular flexibility index (Phi) is 4.33. The van der Waals surface area contributed by atoms with Crippen molar-refractivity contribution in [2.75, 3.05) is 0 Å². The third-order valence-corrected chi connectivity index (χ3v) is 3.83. The lowest BCUT2D eigenvalue weighted by molar-refractivity contribution is 0.468. The van der Waals surface area contributed by atoms with Crippen molar-refractivity contribution < 1.29 is 10.2 Å². The summed E-state index contributed by atoms with van der Waals surface area (Å²) in [6.45, 7) is 6.29. The van der Waals surface area contributed by atoms with E-state index in [-0.39, 0.29) is 5.75 Å². The van der Waals surface area contributed by atoms with E-state index in [1.54, 1.807) is 12.1 Å². The lowest BCUT2D eigenvalue weighted by Crippen LogP contribution is -2.00. The fraction of sp³-hybridized carbons (Fsp3) is 0.333. The van der Waals surface area contributed by atoms with Gasteiger partial charge in [0.1, 0.15) is 11.5 Å². The summed E-state index contributed by atoms with van der Waals surface area (Å²) >= 11 is 0. The Bertz CT molecular complexity index is 615. The molecule has 106 valence electrons. The van der Waals surface area contributed by atoms with Gasteiger partial charge in [0.15, 0.2) is 0 Å². The topological polar surface area (TPSA) is 40.5 Å². The van der Waals surface area contributed by atoms with Gasteiger partial charge in [-0.1, -0.05) is 32.9 Å². The van der Waals surface area contributed by atoms with Crippen molar-refractivity contribution in [3.05, 3.63) is 47.0 Å². The van der Waals surface area contributed by atoms with Crippen molar-refractivity contribution in [3.8, 4) is 22.6 Å². The normalized spacial score (nSPS) is 10.8. The second-order valence-corrected chi connectivity index (χ2v) is 5.00. The average Bonchev–Trinajstić information content (AvgIpc) is 2.45. The Hall–Kier alpha value is -1.96. The van der Waals surface area contributed by atoms with Crippen LogP contribution in [0.5, 0.6) is 11.5 Å². The van der Waals surface area contributed by atoms with E-state index in [0.29, 0.717) is 5.75 Å². The van der Waals surface area contributed by atoms with E-state index in [1.807, 2.05) is 25.1 Å². The van der Waals surface area contributed by atoms with E-state index in [0.717, 1.165) is 36.0 Å². The molecule has 0 heterocycles. The zero-order valence-corrected chi connectivity index (χ0v) is 12.4. The summed E-state index contributed by atoms with van der Waals surface area (Å²) < 4.78 is 0. The number of hydrogen-bond donors (Lipinski definition) is 2. The smallest absolute Gasteiger partial charge is 0.119 e. The minimum absolute atomic E-state index is 0.257. The maximum Gasteiger partial charge on any atom is 0.119 e. The molecule has 2 aromatic rings. The van der Waals surface area contributed by atoms with Crippen molar-refractivity contribution in [2.45, 2.75) is 40.0 Å². The molecule has 0 atom stereocenters. The van der Waals surface area contributed by atoms with Crippen LogP contribution < -0.4 is 0 Å². The van der Waals surface area contributed by atoms with E-state index < -0.39 is 0 Å². The Morgan fingerprint density at radius 3 is 2.10 bits per heavy atom. The first kappa shape index (κ1) is 14.4. The molecule has 2 heteroatoms. The van der Waals surface area contributed by atoms with E-state index in [2.05, 4.69) is 13.8 Å². The summed E-state index contributed by atoms with van der Waals surface area (Å²) in [7, 11) is 0. The largest absolute Gasteiger partial charge is 0.508 e. The molecule has 0 saturated heterocycles. The third-order valence-electron chi connectivity index (χ3n) is 3.83. The standard InChI is InChI=1S/C18H22O2/c1-4-12-11-17(20)16(6-3)18(15(12)5-2)13-8-7-9-14(19)10-13/h7-11,19-20H,4-6H2,1-3H3. The molecule has 0 aliphatic rings. The molecule has 2 aromatic carbocycles. The van der Waals surface area contributed by atoms with E-state index in [9.17, 15) is 10.2 Å². The van der Waals surface area contributed by atoms with Gasteiger partial charge in [-0.05, 0) is 59.7 Å². The van der Waals surface area contributed by atoms with Gasteiger partial charge >= 0.3 is 0 Å². The molecule has 2 N–H and O–H groups in total. The summed E-state index contributed by atoms with van der Waals surface area (Å²) in [6, 6.07) is 9.17. The van der Waals surface area contributed by atoms with E-state index in [4.69, 9.17) is 0 Å². The van der Waals surface area contributed by atoms with E-state index in [1.165, 1.54) is 11.1 Å². The monoisotopic (exact) mass is 270 g/mol. The summed E-state index contributed by atoms with van der Waals surface area (Å²) in [5.41, 5.74) is 5.48. The molecule has 0 bridgehead atoms. The highest BCUT2D eigenvalue weighted by molar-refractivity contribution is 5.76. The fourth-order valence-electron chi connectivity index (χ4n) is 2.90. The van der Waals surface area contributed by atoms with Crippen molar-refractivity contribution in [2.24, 2.45) is 0 Å². The van der Waals surface area contributed by atoms with Gasteiger partial charge in [-0.25, -0.2) is 0 Å². The molecule has 0 fully saturated rings. The quantitative estimate of drug-likeness (QED) is 0.861. The lowest BCUT2D eigenvalue weighted by Gasteiger charge is -2.19. The molecule has 2 nitrogen and oxygen atoms in total. The minimum Gasteiger partial charge on any atom is -0.508 e. The van der Waals surface area contributed by atoms with Crippen LogP contribution in [-0.2, 0) is 19.3 Å². The summed E-state index contributed by atoms with van der Waals surface area (Å²) in [5, 5.41) is 20.0. The van der Waals surface area contributed by atoms with Gasteiger partial charge in [0.05, 0.1) is 0 Å². The molecule has 20 heavy (non-hydrogen) atoms. The van der Waals surface area contributed by atoms with E-state index >= 15 is 0 Å². The zero-order chi connectivity index (χ0) is 14.7. The molecule has 0 aliphatic heterocycles. The van der Waals surface area contributed by atoms with Crippen LogP contribution in [0.15, 0.2) is 30.3 Å². The van der Waals surface area contributed by atoms with Crippen molar-refractivity contribution >= 4 is 0 Å². The summed E-state index contributed by atoms with van der Waals surface area (Å²) in [5.74, 6) is 0.618. The second kappa shape index (κ2) is 6.00. The number of hydrogen-bond acceptors (Lipinski definition) is 2. The molecular formula is C18H22O2. The molecule has 0 radical (unpaired) electrons. The number of phenolic OH excluding ortho intramolecular Hbond substituents is 2. The second-order valence-electron chi connectivity index (χ2n) is 5.00. The Morgan fingerprint density at radius 2 is 1.55 bits per heavy atom. The number of phenols is 2. The van der Waals surface area contributed by atoms with Crippen LogP contribution in [0.3, 0.4) is 0 Å². The van der Waals surface area contributed by atoms with Crippen LogP contribution in [0.1, 0.15) is 37.5 Å². The molecule has 0 aromatic heterocycles. The predicted octanol–water partition coefficient (Wildman–Crippen LogP) is 4.45. The first-order valence-electron chi connectivity index (χ1n) is 7.28. The first-order chi connectivity index (χ1) is 9.62. The molecule has 0 amide bonds. The van der Waals surface area contributed by atoms with Gasteiger partial charge in [-0.2, -0.15) is 0 Å². The van der Waals surface area contributed by atoms with Crippen LogP contribution in [0.25, 0.3) is 11.1 Å². The van der Waals surface area contributed by atoms with Crippen LogP contribution in [0.2, 0.25) is 0 Å². The lowest BCUT2D eigenvalue weighted by atomic mass is 9.87. The molecule has 2 rings (SSSR count). The SMILES string of the molecule is CCc1cc(O)c(CC)c(-c2cccc(O)c2)c1CC. The minimum atomic E-state index is 0.257. The van der Waals surface area contributed by atoms with Crippen LogP contribution in [0.4, 0.5) is 0 Å². The van der Waals surface area contributed by atoms with Crippen molar-refractivity contribution in [1.82, 2.24) is 0 Å². The van der Waals surface area contributed by atoms with Crippen molar-refractivity contribution in [3.63, 3.8) is 0 Å². The third kappa shape index (κ3) is 2.51. The number of aromatic hydroxyl groups is 2. The molecule has 0 unspecified atom stereocenters. The maximum absolute atomic E-state index is 10.3. The Morgan fingerprint density at radius 1 is 0.850 bits per heavy atom. The first-order valence-corrected chi connectivity index (χ1v) is 7.28. The molecule has 0 spiro atoms. The van der Waals surface area contributed by atoms with Gasteiger partial charge in [0.2, 0.25) is 0 Å². The number of benzene rings is 2. The number of aryl methyl sites for hydroxylation is 1. The van der Waals surface area contributed by atoms with Gasteiger partial charge in [0, 0.05) is 5.56 Å². The van der Waals surface area contributed by atoms with Crippen LogP contribution in [0, 0.1) is 0 Å². The van der Waals surface area contributed by atoms with Crippen LogP contribution >= 0.6 is 0 Å². The number of rotatable bonds is 4. The highest BCUT2D eigenvalue weighted by Crippen LogP contribution is 2.38. The molecule has 0 saturated carbocycles. The maximum atomic E-state index is 10.3. The Balaban J connectivity index is 2.80. The summed E-state index contributed by atoms with van der Waals surface area (Å²) in [6.07, 6.45) is 2.59. The molecular weight excluding hydrogens is 248 g/mol. The van der Waals surface area contributed by atoms with Crippen LogP contribution in [-0.4, -0.2) is 10.2 Å². The summed E-state index contributed by atoms with van der Waals surface area (Å²) in [4.78, 5) is 0. The van der Waals surface area contributed by atoms with Gasteiger partial charge in [-0.15, -0.1) is 0 Å². The zero-order valence-electron chi connectivity index (χ0n) is 12.4. The highest BCUT2D eigenvalue weighted by atomic mass is 16.3. The highest BCUT2D eigenvalue weighted by Gasteiger charge is 2.16. The van der Waals surface area contributed by atoms with Gasteiger partial charge < -0.3 is 10.2 Å². The predicted molar refractivity (Wildman–Crippen MR) is 83.3 cm³/mol.